The van der Waals surface area contributed by atoms with Gasteiger partial charge in [-0.15, -0.1) is 5.10 Å². The molecule has 2 N–H and O–H groups in total. The number of rotatable bonds is 4. The summed E-state index contributed by atoms with van der Waals surface area (Å²) in [5, 5.41) is 8.42. The smallest absolute Gasteiger partial charge is 0.138 e. The molecular formula is C11H13ClN4O. The minimum absolute atomic E-state index is 0.342. The lowest BCUT2D eigenvalue weighted by Gasteiger charge is -2.08. The second-order valence-corrected chi connectivity index (χ2v) is 3.94. The lowest BCUT2D eigenvalue weighted by atomic mass is 10.3. The van der Waals surface area contributed by atoms with Gasteiger partial charge in [0.2, 0.25) is 0 Å². The Labute approximate surface area is 104 Å². The van der Waals surface area contributed by atoms with E-state index in [-0.39, 0.29) is 0 Å². The molecule has 0 fully saturated rings. The first kappa shape index (κ1) is 11.9. The molecule has 0 spiro atoms. The first-order valence-electron chi connectivity index (χ1n) is 5.17. The van der Waals surface area contributed by atoms with Crippen LogP contribution in [0, 0.1) is 0 Å². The summed E-state index contributed by atoms with van der Waals surface area (Å²) in [4.78, 5) is 0. The van der Waals surface area contributed by atoms with Gasteiger partial charge in [0, 0.05) is 13.6 Å². The topological polar surface area (TPSA) is 66.0 Å². The Morgan fingerprint density at radius 1 is 1.41 bits per heavy atom. The highest BCUT2D eigenvalue weighted by Gasteiger charge is 2.10. The number of aromatic nitrogens is 3. The van der Waals surface area contributed by atoms with Crippen molar-refractivity contribution in [2.45, 2.75) is 13.2 Å². The highest BCUT2D eigenvalue weighted by molar-refractivity contribution is 6.32. The average Bonchev–Trinajstić information content (AvgIpc) is 2.69. The first-order chi connectivity index (χ1) is 8.22. The molecular weight excluding hydrogens is 240 g/mol. The van der Waals surface area contributed by atoms with Crippen LogP contribution in [0.15, 0.2) is 24.3 Å². The van der Waals surface area contributed by atoms with Crippen LogP contribution in [0.3, 0.4) is 0 Å². The second kappa shape index (κ2) is 5.16. The van der Waals surface area contributed by atoms with Crippen molar-refractivity contribution in [2.24, 2.45) is 12.8 Å². The molecule has 0 saturated heterocycles. The molecule has 2 aromatic rings. The Morgan fingerprint density at radius 2 is 2.18 bits per heavy atom. The Morgan fingerprint density at radius 3 is 2.88 bits per heavy atom. The van der Waals surface area contributed by atoms with Crippen molar-refractivity contribution in [3.63, 3.8) is 0 Å². The molecule has 1 aromatic carbocycles. The highest BCUT2D eigenvalue weighted by atomic mass is 35.5. The fraction of sp³-hybridized carbons (Fsp3) is 0.273. The molecule has 1 aromatic heterocycles. The van der Waals surface area contributed by atoms with Gasteiger partial charge in [0.25, 0.3) is 0 Å². The van der Waals surface area contributed by atoms with Gasteiger partial charge >= 0.3 is 0 Å². The Bertz CT molecular complexity index is 512. The number of benzene rings is 1. The van der Waals surface area contributed by atoms with Crippen molar-refractivity contribution >= 4 is 11.6 Å². The van der Waals surface area contributed by atoms with Crippen LogP contribution in [0.25, 0.3) is 0 Å². The third-order valence-electron chi connectivity index (χ3n) is 2.42. The molecule has 2 rings (SSSR count). The van der Waals surface area contributed by atoms with E-state index in [2.05, 4.69) is 10.3 Å². The van der Waals surface area contributed by atoms with Crippen LogP contribution < -0.4 is 10.5 Å². The summed E-state index contributed by atoms with van der Waals surface area (Å²) in [6.45, 7) is 0.689. The molecule has 17 heavy (non-hydrogen) atoms. The number of hydrogen-bond acceptors (Lipinski definition) is 4. The molecule has 0 unspecified atom stereocenters. The number of ether oxygens (including phenoxy) is 1. The molecule has 6 heteroatoms. The summed E-state index contributed by atoms with van der Waals surface area (Å²) >= 11 is 5.99. The summed E-state index contributed by atoms with van der Waals surface area (Å²) in [6.07, 6.45) is 0. The molecule has 0 aliphatic carbocycles. The quantitative estimate of drug-likeness (QED) is 0.896. The van der Waals surface area contributed by atoms with E-state index in [4.69, 9.17) is 22.1 Å². The Balaban J connectivity index is 2.12. The SMILES string of the molecule is Cn1nnc(CN)c1COc1ccccc1Cl. The molecule has 90 valence electrons. The maximum absolute atomic E-state index is 5.99. The highest BCUT2D eigenvalue weighted by Crippen LogP contribution is 2.24. The largest absolute Gasteiger partial charge is 0.486 e. The van der Waals surface area contributed by atoms with Crippen LogP contribution in [-0.4, -0.2) is 15.0 Å². The van der Waals surface area contributed by atoms with Crippen molar-refractivity contribution < 1.29 is 4.74 Å². The second-order valence-electron chi connectivity index (χ2n) is 3.53. The zero-order valence-corrected chi connectivity index (χ0v) is 10.2. The number of nitrogens with two attached hydrogens (primary N) is 1. The van der Waals surface area contributed by atoms with Crippen molar-refractivity contribution in [3.8, 4) is 5.75 Å². The van der Waals surface area contributed by atoms with Crippen molar-refractivity contribution in [3.05, 3.63) is 40.7 Å². The van der Waals surface area contributed by atoms with Gasteiger partial charge in [0.15, 0.2) is 0 Å². The zero-order valence-electron chi connectivity index (χ0n) is 9.43. The van der Waals surface area contributed by atoms with Gasteiger partial charge in [-0.05, 0) is 12.1 Å². The van der Waals surface area contributed by atoms with Crippen LogP contribution in [0.2, 0.25) is 5.02 Å². The van der Waals surface area contributed by atoms with E-state index >= 15 is 0 Å². The Hall–Kier alpha value is -1.59. The maximum atomic E-state index is 5.99. The number of hydrogen-bond donors (Lipinski definition) is 1. The standard InChI is InChI=1S/C11H13ClN4O/c1-16-10(9(6-13)14-15-16)7-17-11-5-3-2-4-8(11)12/h2-5H,6-7,13H2,1H3. The van der Waals surface area contributed by atoms with Gasteiger partial charge in [-0.2, -0.15) is 0 Å². The van der Waals surface area contributed by atoms with Crippen LogP contribution in [0.1, 0.15) is 11.4 Å². The van der Waals surface area contributed by atoms with Crippen molar-refractivity contribution in [1.29, 1.82) is 0 Å². The molecule has 0 saturated carbocycles. The number of para-hydroxylation sites is 1. The van der Waals surface area contributed by atoms with Gasteiger partial charge < -0.3 is 10.5 Å². The molecule has 0 amide bonds. The molecule has 0 bridgehead atoms. The van der Waals surface area contributed by atoms with Gasteiger partial charge in [0.1, 0.15) is 23.7 Å². The molecule has 0 atom stereocenters. The summed E-state index contributed by atoms with van der Waals surface area (Å²) in [5.74, 6) is 0.637. The van der Waals surface area contributed by atoms with Gasteiger partial charge in [-0.25, -0.2) is 4.68 Å². The minimum Gasteiger partial charge on any atom is -0.486 e. The van der Waals surface area contributed by atoms with E-state index < -0.39 is 0 Å². The Kier molecular flexibility index (Phi) is 3.61. The summed E-state index contributed by atoms with van der Waals surface area (Å²) in [5.41, 5.74) is 7.16. The maximum Gasteiger partial charge on any atom is 0.138 e. The van der Waals surface area contributed by atoms with Gasteiger partial charge in [0.05, 0.1) is 5.02 Å². The van der Waals surface area contributed by atoms with E-state index in [0.29, 0.717) is 23.9 Å². The molecule has 0 aliphatic heterocycles. The number of aryl methyl sites for hydroxylation is 1. The average molecular weight is 253 g/mol. The molecule has 1 heterocycles. The predicted octanol–water partition coefficient (Wildman–Crippen LogP) is 1.51. The van der Waals surface area contributed by atoms with E-state index in [9.17, 15) is 0 Å². The van der Waals surface area contributed by atoms with E-state index in [1.165, 1.54) is 0 Å². The van der Waals surface area contributed by atoms with Crippen LogP contribution >= 0.6 is 11.6 Å². The fourth-order valence-electron chi connectivity index (χ4n) is 1.46. The third-order valence-corrected chi connectivity index (χ3v) is 2.73. The predicted molar refractivity (Wildman–Crippen MR) is 64.7 cm³/mol. The molecule has 5 nitrogen and oxygen atoms in total. The normalized spacial score (nSPS) is 10.5. The number of halogens is 1. The van der Waals surface area contributed by atoms with E-state index in [1.807, 2.05) is 18.2 Å². The zero-order chi connectivity index (χ0) is 12.3. The lowest BCUT2D eigenvalue weighted by molar-refractivity contribution is 0.294. The van der Waals surface area contributed by atoms with Crippen molar-refractivity contribution in [1.82, 2.24) is 15.0 Å². The summed E-state index contributed by atoms with van der Waals surface area (Å²) in [7, 11) is 1.80. The monoisotopic (exact) mass is 252 g/mol. The van der Waals surface area contributed by atoms with Crippen LogP contribution in [0.5, 0.6) is 5.75 Å². The lowest BCUT2D eigenvalue weighted by Crippen LogP contribution is -2.08. The van der Waals surface area contributed by atoms with Crippen LogP contribution in [-0.2, 0) is 20.2 Å². The van der Waals surface area contributed by atoms with Gasteiger partial charge in [-0.3, -0.25) is 0 Å². The molecule has 0 aliphatic rings. The number of nitrogens with zero attached hydrogens (tertiary/aromatic N) is 3. The fourth-order valence-corrected chi connectivity index (χ4v) is 1.65. The molecule has 0 radical (unpaired) electrons. The van der Waals surface area contributed by atoms with Crippen LogP contribution in [0.4, 0.5) is 0 Å². The third kappa shape index (κ3) is 2.57. The van der Waals surface area contributed by atoms with E-state index in [0.717, 1.165) is 11.4 Å². The minimum atomic E-state index is 0.342. The summed E-state index contributed by atoms with van der Waals surface area (Å²) < 4.78 is 7.27. The first-order valence-corrected chi connectivity index (χ1v) is 5.55. The van der Waals surface area contributed by atoms with Crippen molar-refractivity contribution in [2.75, 3.05) is 0 Å². The summed E-state index contributed by atoms with van der Waals surface area (Å²) in [6, 6.07) is 7.31. The van der Waals surface area contributed by atoms with Gasteiger partial charge in [-0.1, -0.05) is 28.9 Å². The van der Waals surface area contributed by atoms with E-state index in [1.54, 1.807) is 17.8 Å².